The molecule has 5 heteroatoms. The van der Waals surface area contributed by atoms with Crippen molar-refractivity contribution in [1.29, 1.82) is 0 Å². The van der Waals surface area contributed by atoms with Gasteiger partial charge in [0, 0.05) is 22.8 Å². The molecule has 88 valence electrons. The van der Waals surface area contributed by atoms with Gasteiger partial charge in [-0.15, -0.1) is 0 Å². The first-order chi connectivity index (χ1) is 8.15. The lowest BCUT2D eigenvalue weighted by molar-refractivity contribution is 1.14. The van der Waals surface area contributed by atoms with Crippen molar-refractivity contribution >= 4 is 40.5 Å². The van der Waals surface area contributed by atoms with Crippen LogP contribution in [0.25, 0.3) is 0 Å². The van der Waals surface area contributed by atoms with Gasteiger partial charge in [-0.1, -0.05) is 34.8 Å². The summed E-state index contributed by atoms with van der Waals surface area (Å²) < 4.78 is 0. The number of pyridine rings is 1. The maximum Gasteiger partial charge on any atom is 0.0718 e. The predicted molar refractivity (Wildman–Crippen MR) is 73.0 cm³/mol. The van der Waals surface area contributed by atoms with Gasteiger partial charge in [-0.25, -0.2) is 0 Å². The van der Waals surface area contributed by atoms with Crippen molar-refractivity contribution in [2.24, 2.45) is 0 Å². The Hall–Kier alpha value is -0.960. The fraction of sp³-hybridized carbons (Fsp3) is 0.0833. The van der Waals surface area contributed by atoms with Crippen LogP contribution in [0.1, 0.15) is 5.56 Å². The van der Waals surface area contributed by atoms with Crippen molar-refractivity contribution in [2.45, 2.75) is 6.54 Å². The highest BCUT2D eigenvalue weighted by molar-refractivity contribution is 6.34. The number of aromatic nitrogens is 1. The summed E-state index contributed by atoms with van der Waals surface area (Å²) in [5.74, 6) is 0. The highest BCUT2D eigenvalue weighted by atomic mass is 35.5. The zero-order valence-electron chi connectivity index (χ0n) is 8.75. The van der Waals surface area contributed by atoms with Crippen LogP contribution in [0, 0.1) is 0 Å². The average Bonchev–Trinajstić information content (AvgIpc) is 2.27. The van der Waals surface area contributed by atoms with Gasteiger partial charge < -0.3 is 5.32 Å². The van der Waals surface area contributed by atoms with E-state index >= 15 is 0 Å². The minimum Gasteiger partial charge on any atom is -0.379 e. The van der Waals surface area contributed by atoms with Gasteiger partial charge in [-0.05, 0) is 29.8 Å². The van der Waals surface area contributed by atoms with Crippen LogP contribution < -0.4 is 5.32 Å². The fourth-order valence-corrected chi connectivity index (χ4v) is 2.16. The SMILES string of the molecule is Clc1cc(Cl)cc(CNc2cnccc2Cl)c1. The third-order valence-corrected chi connectivity index (χ3v) is 2.94. The summed E-state index contributed by atoms with van der Waals surface area (Å²) in [6.07, 6.45) is 3.32. The second-order valence-electron chi connectivity index (χ2n) is 3.49. The molecule has 0 fully saturated rings. The van der Waals surface area contributed by atoms with Crippen LogP contribution in [0.2, 0.25) is 15.1 Å². The van der Waals surface area contributed by atoms with E-state index in [9.17, 15) is 0 Å². The van der Waals surface area contributed by atoms with E-state index in [1.54, 1.807) is 24.5 Å². The molecule has 0 aliphatic carbocycles. The first-order valence-corrected chi connectivity index (χ1v) is 6.07. The third kappa shape index (κ3) is 3.50. The van der Waals surface area contributed by atoms with E-state index in [0.29, 0.717) is 21.6 Å². The first kappa shape index (κ1) is 12.5. The van der Waals surface area contributed by atoms with Crippen LogP contribution >= 0.6 is 34.8 Å². The average molecular weight is 288 g/mol. The van der Waals surface area contributed by atoms with Crippen LogP contribution in [-0.4, -0.2) is 4.98 Å². The van der Waals surface area contributed by atoms with Crippen molar-refractivity contribution in [3.8, 4) is 0 Å². The first-order valence-electron chi connectivity index (χ1n) is 4.93. The molecule has 0 spiro atoms. The number of hydrogen-bond donors (Lipinski definition) is 1. The zero-order valence-corrected chi connectivity index (χ0v) is 11.0. The fourth-order valence-electron chi connectivity index (χ4n) is 1.42. The van der Waals surface area contributed by atoms with Crippen molar-refractivity contribution in [3.63, 3.8) is 0 Å². The second kappa shape index (κ2) is 5.58. The molecule has 0 saturated heterocycles. The van der Waals surface area contributed by atoms with Crippen LogP contribution in [0.3, 0.4) is 0 Å². The number of hydrogen-bond acceptors (Lipinski definition) is 2. The van der Waals surface area contributed by atoms with Gasteiger partial charge in [0.15, 0.2) is 0 Å². The molecule has 0 radical (unpaired) electrons. The minimum atomic E-state index is 0.589. The van der Waals surface area contributed by atoms with Gasteiger partial charge in [-0.2, -0.15) is 0 Å². The molecule has 2 rings (SSSR count). The summed E-state index contributed by atoms with van der Waals surface area (Å²) in [6.45, 7) is 0.589. The summed E-state index contributed by atoms with van der Waals surface area (Å²) in [7, 11) is 0. The molecule has 0 atom stereocenters. The Bertz CT molecular complexity index is 509. The number of halogens is 3. The summed E-state index contributed by atoms with van der Waals surface area (Å²) >= 11 is 17.8. The smallest absolute Gasteiger partial charge is 0.0718 e. The summed E-state index contributed by atoms with van der Waals surface area (Å²) in [4.78, 5) is 3.99. The van der Waals surface area contributed by atoms with E-state index in [0.717, 1.165) is 11.3 Å². The molecule has 0 amide bonds. The molecule has 1 heterocycles. The monoisotopic (exact) mass is 286 g/mol. The van der Waals surface area contributed by atoms with Gasteiger partial charge in [0.2, 0.25) is 0 Å². The highest BCUT2D eigenvalue weighted by Crippen LogP contribution is 2.22. The molecule has 2 aromatic rings. The summed E-state index contributed by atoms with van der Waals surface area (Å²) in [5, 5.41) is 5.04. The van der Waals surface area contributed by atoms with Gasteiger partial charge in [0.05, 0.1) is 16.9 Å². The Morgan fingerprint density at radius 2 is 1.76 bits per heavy atom. The molecule has 0 saturated carbocycles. The predicted octanol–water partition coefficient (Wildman–Crippen LogP) is 4.65. The quantitative estimate of drug-likeness (QED) is 0.888. The van der Waals surface area contributed by atoms with Crippen molar-refractivity contribution in [3.05, 3.63) is 57.3 Å². The van der Waals surface area contributed by atoms with Gasteiger partial charge in [0.25, 0.3) is 0 Å². The Morgan fingerprint density at radius 1 is 1.06 bits per heavy atom. The Kier molecular flexibility index (Phi) is 4.11. The molecule has 1 N–H and O–H groups in total. The molecule has 0 bridgehead atoms. The molecule has 1 aromatic heterocycles. The molecule has 0 aliphatic rings. The topological polar surface area (TPSA) is 24.9 Å². The summed E-state index contributed by atoms with van der Waals surface area (Å²) in [6, 6.07) is 7.13. The van der Waals surface area contributed by atoms with E-state index in [-0.39, 0.29) is 0 Å². The molecule has 0 unspecified atom stereocenters. The molecule has 17 heavy (non-hydrogen) atoms. The number of anilines is 1. The maximum atomic E-state index is 6.00. The molecular weight excluding hydrogens is 279 g/mol. The van der Waals surface area contributed by atoms with Gasteiger partial charge in [-0.3, -0.25) is 4.98 Å². The van der Waals surface area contributed by atoms with Crippen LogP contribution in [0.15, 0.2) is 36.7 Å². The van der Waals surface area contributed by atoms with Crippen molar-refractivity contribution in [1.82, 2.24) is 4.98 Å². The Balaban J connectivity index is 2.10. The Morgan fingerprint density at radius 3 is 2.41 bits per heavy atom. The van der Waals surface area contributed by atoms with Crippen molar-refractivity contribution < 1.29 is 0 Å². The maximum absolute atomic E-state index is 6.00. The van der Waals surface area contributed by atoms with Crippen LogP contribution in [-0.2, 0) is 6.54 Å². The van der Waals surface area contributed by atoms with E-state index < -0.39 is 0 Å². The largest absolute Gasteiger partial charge is 0.379 e. The standard InChI is InChI=1S/C12H9Cl3N2/c13-9-3-8(4-10(14)5-9)6-17-12-7-16-2-1-11(12)15/h1-5,7,17H,6H2. The van der Waals surface area contributed by atoms with Crippen LogP contribution in [0.4, 0.5) is 5.69 Å². The normalized spacial score (nSPS) is 10.3. The van der Waals surface area contributed by atoms with Crippen LogP contribution in [0.5, 0.6) is 0 Å². The van der Waals surface area contributed by atoms with Gasteiger partial charge in [0.1, 0.15) is 0 Å². The molecule has 2 nitrogen and oxygen atoms in total. The number of rotatable bonds is 3. The van der Waals surface area contributed by atoms with Crippen molar-refractivity contribution in [2.75, 3.05) is 5.32 Å². The Labute approximate surface area is 115 Å². The third-order valence-electron chi connectivity index (χ3n) is 2.17. The zero-order chi connectivity index (χ0) is 12.3. The van der Waals surface area contributed by atoms with E-state index in [2.05, 4.69) is 10.3 Å². The molecule has 1 aromatic carbocycles. The molecular formula is C12H9Cl3N2. The lowest BCUT2D eigenvalue weighted by Crippen LogP contribution is -2.00. The van der Waals surface area contributed by atoms with Gasteiger partial charge >= 0.3 is 0 Å². The number of nitrogens with one attached hydrogen (secondary N) is 1. The lowest BCUT2D eigenvalue weighted by atomic mass is 10.2. The van der Waals surface area contributed by atoms with E-state index in [1.165, 1.54) is 0 Å². The van der Waals surface area contributed by atoms with E-state index in [1.807, 2.05) is 12.1 Å². The second-order valence-corrected chi connectivity index (χ2v) is 4.77. The minimum absolute atomic E-state index is 0.589. The highest BCUT2D eigenvalue weighted by Gasteiger charge is 2.01. The lowest BCUT2D eigenvalue weighted by Gasteiger charge is -2.08. The summed E-state index contributed by atoms with van der Waals surface area (Å²) in [5.41, 5.74) is 1.77. The number of nitrogens with zero attached hydrogens (tertiary/aromatic N) is 1. The molecule has 0 aliphatic heterocycles. The van der Waals surface area contributed by atoms with E-state index in [4.69, 9.17) is 34.8 Å². The number of benzene rings is 1.